The van der Waals surface area contributed by atoms with Crippen molar-refractivity contribution in [2.75, 3.05) is 20.3 Å². The molecule has 1 aliphatic carbocycles. The molecular weight excluding hydrogens is 212 g/mol. The monoisotopic (exact) mass is 230 g/mol. The fraction of sp³-hybridized carbons (Fsp3) is 0.800. The molecule has 1 amide bonds. The summed E-state index contributed by atoms with van der Waals surface area (Å²) in [5.74, 6) is -0.00702. The van der Waals surface area contributed by atoms with Crippen LogP contribution in [0.1, 0.15) is 25.7 Å². The third-order valence-corrected chi connectivity index (χ3v) is 3.11. The van der Waals surface area contributed by atoms with Crippen LogP contribution in [0.2, 0.25) is 0 Å². The van der Waals surface area contributed by atoms with Crippen LogP contribution in [-0.4, -0.2) is 31.2 Å². The molecule has 1 rings (SSSR count). The number of carbonyl (C=O) groups is 1. The third kappa shape index (κ3) is 3.14. The zero-order valence-electron chi connectivity index (χ0n) is 9.04. The predicted octanol–water partition coefficient (Wildman–Crippen LogP) is 0.595. The summed E-state index contributed by atoms with van der Waals surface area (Å²) >= 11 is 4.89. The van der Waals surface area contributed by atoms with Crippen molar-refractivity contribution in [1.82, 2.24) is 5.32 Å². The molecule has 1 fully saturated rings. The number of rotatable bonds is 7. The van der Waals surface area contributed by atoms with Crippen LogP contribution in [0.3, 0.4) is 0 Å². The van der Waals surface area contributed by atoms with Gasteiger partial charge in [0.25, 0.3) is 0 Å². The van der Waals surface area contributed by atoms with Crippen LogP contribution >= 0.6 is 12.2 Å². The number of hydrogen-bond acceptors (Lipinski definition) is 3. The first kappa shape index (κ1) is 12.4. The maximum Gasteiger partial charge on any atom is 0.233 e. The zero-order chi connectivity index (χ0) is 11.3. The van der Waals surface area contributed by atoms with Crippen molar-refractivity contribution in [3.05, 3.63) is 0 Å². The highest BCUT2D eigenvalue weighted by molar-refractivity contribution is 7.80. The Balaban J connectivity index is 2.17. The second-order valence-electron chi connectivity index (χ2n) is 3.90. The van der Waals surface area contributed by atoms with E-state index >= 15 is 0 Å². The molecular formula is C10H18N2O2S. The molecule has 86 valence electrons. The van der Waals surface area contributed by atoms with Crippen molar-refractivity contribution in [1.29, 1.82) is 0 Å². The number of unbranched alkanes of at least 4 members (excludes halogenated alkanes) is 1. The van der Waals surface area contributed by atoms with E-state index in [-0.39, 0.29) is 5.91 Å². The van der Waals surface area contributed by atoms with Gasteiger partial charge in [-0.3, -0.25) is 4.79 Å². The van der Waals surface area contributed by atoms with Crippen LogP contribution in [0, 0.1) is 5.41 Å². The Kier molecular flexibility index (Phi) is 4.47. The Bertz CT molecular complexity index is 252. The molecule has 0 bridgehead atoms. The topological polar surface area (TPSA) is 64.3 Å². The molecule has 15 heavy (non-hydrogen) atoms. The Hall–Kier alpha value is -0.680. The second kappa shape index (κ2) is 5.42. The Morgan fingerprint density at radius 1 is 1.53 bits per heavy atom. The van der Waals surface area contributed by atoms with Gasteiger partial charge in [-0.1, -0.05) is 12.2 Å². The third-order valence-electron chi connectivity index (χ3n) is 2.72. The molecule has 0 aromatic heterocycles. The van der Waals surface area contributed by atoms with Crippen molar-refractivity contribution in [3.8, 4) is 0 Å². The van der Waals surface area contributed by atoms with E-state index in [2.05, 4.69) is 5.32 Å². The summed E-state index contributed by atoms with van der Waals surface area (Å²) in [4.78, 5) is 12.0. The van der Waals surface area contributed by atoms with Gasteiger partial charge in [0.15, 0.2) is 0 Å². The zero-order valence-corrected chi connectivity index (χ0v) is 9.86. The van der Waals surface area contributed by atoms with Gasteiger partial charge in [-0.25, -0.2) is 0 Å². The van der Waals surface area contributed by atoms with Crippen LogP contribution in [0.5, 0.6) is 0 Å². The number of nitrogens with one attached hydrogen (secondary N) is 1. The fourth-order valence-electron chi connectivity index (χ4n) is 1.45. The lowest BCUT2D eigenvalue weighted by Gasteiger charge is -2.13. The minimum Gasteiger partial charge on any atom is -0.392 e. The number of amides is 1. The van der Waals surface area contributed by atoms with E-state index in [0.717, 1.165) is 32.3 Å². The molecule has 1 aliphatic rings. The normalized spacial score (nSPS) is 17.1. The minimum atomic E-state index is -0.517. The molecule has 0 aromatic carbocycles. The molecule has 0 aromatic rings. The Morgan fingerprint density at radius 2 is 2.20 bits per heavy atom. The lowest BCUT2D eigenvalue weighted by Crippen LogP contribution is -2.39. The summed E-state index contributed by atoms with van der Waals surface area (Å²) in [6, 6.07) is 0. The maximum absolute atomic E-state index is 11.7. The highest BCUT2D eigenvalue weighted by Crippen LogP contribution is 2.46. The molecule has 0 spiro atoms. The molecule has 5 heteroatoms. The van der Waals surface area contributed by atoms with E-state index in [9.17, 15) is 4.79 Å². The number of ether oxygens (including phenoxy) is 1. The molecule has 1 saturated carbocycles. The van der Waals surface area contributed by atoms with Gasteiger partial charge in [0, 0.05) is 20.3 Å². The summed E-state index contributed by atoms with van der Waals surface area (Å²) < 4.78 is 4.91. The molecule has 4 nitrogen and oxygen atoms in total. The summed E-state index contributed by atoms with van der Waals surface area (Å²) in [5, 5.41) is 2.86. The van der Waals surface area contributed by atoms with Crippen molar-refractivity contribution >= 4 is 23.1 Å². The van der Waals surface area contributed by atoms with E-state index in [1.54, 1.807) is 7.11 Å². The number of methoxy groups -OCH3 is 1. The number of nitrogens with two attached hydrogens (primary N) is 1. The van der Waals surface area contributed by atoms with Crippen LogP contribution in [0.15, 0.2) is 0 Å². The summed E-state index contributed by atoms with van der Waals surface area (Å²) in [6.07, 6.45) is 3.47. The SMILES string of the molecule is COCCCCNC(=O)C1(C(N)=S)CC1. The maximum atomic E-state index is 11.7. The predicted molar refractivity (Wildman–Crippen MR) is 62.6 cm³/mol. The molecule has 0 saturated heterocycles. The van der Waals surface area contributed by atoms with E-state index in [1.807, 2.05) is 0 Å². The van der Waals surface area contributed by atoms with Crippen LogP contribution < -0.4 is 11.1 Å². The molecule has 0 aliphatic heterocycles. The standard InChI is InChI=1S/C10H18N2O2S/c1-14-7-3-2-6-12-9(13)10(4-5-10)8(11)15/h2-7H2,1H3,(H2,11,15)(H,12,13). The summed E-state index contributed by atoms with van der Waals surface area (Å²) in [7, 11) is 1.67. The summed E-state index contributed by atoms with van der Waals surface area (Å²) in [5.41, 5.74) is 5.02. The van der Waals surface area contributed by atoms with Crippen molar-refractivity contribution in [3.63, 3.8) is 0 Å². The van der Waals surface area contributed by atoms with Gasteiger partial charge in [0.2, 0.25) is 5.91 Å². The van der Waals surface area contributed by atoms with E-state index in [1.165, 1.54) is 0 Å². The lowest BCUT2D eigenvalue weighted by atomic mass is 10.1. The summed E-state index contributed by atoms with van der Waals surface area (Å²) in [6.45, 7) is 1.41. The lowest BCUT2D eigenvalue weighted by molar-refractivity contribution is -0.124. The first-order valence-corrected chi connectivity index (χ1v) is 5.61. The van der Waals surface area contributed by atoms with E-state index < -0.39 is 5.41 Å². The van der Waals surface area contributed by atoms with Gasteiger partial charge in [0.1, 0.15) is 0 Å². The minimum absolute atomic E-state index is 0.00702. The molecule has 3 N–H and O–H groups in total. The van der Waals surface area contributed by atoms with E-state index in [0.29, 0.717) is 11.5 Å². The largest absolute Gasteiger partial charge is 0.392 e. The van der Waals surface area contributed by atoms with Crippen molar-refractivity contribution in [2.24, 2.45) is 11.1 Å². The van der Waals surface area contributed by atoms with Gasteiger partial charge in [-0.2, -0.15) is 0 Å². The van der Waals surface area contributed by atoms with Crippen molar-refractivity contribution < 1.29 is 9.53 Å². The van der Waals surface area contributed by atoms with Gasteiger partial charge >= 0.3 is 0 Å². The molecule has 0 heterocycles. The molecule has 0 atom stereocenters. The second-order valence-corrected chi connectivity index (χ2v) is 4.34. The highest BCUT2D eigenvalue weighted by atomic mass is 32.1. The van der Waals surface area contributed by atoms with Crippen LogP contribution in [0.4, 0.5) is 0 Å². The molecule has 0 unspecified atom stereocenters. The first-order chi connectivity index (χ1) is 7.13. The average molecular weight is 230 g/mol. The van der Waals surface area contributed by atoms with Crippen LogP contribution in [-0.2, 0) is 9.53 Å². The average Bonchev–Trinajstić information content (AvgIpc) is 2.97. The van der Waals surface area contributed by atoms with Gasteiger partial charge in [-0.05, 0) is 25.7 Å². The highest BCUT2D eigenvalue weighted by Gasteiger charge is 2.52. The van der Waals surface area contributed by atoms with Gasteiger partial charge in [0.05, 0.1) is 10.4 Å². The Labute approximate surface area is 95.5 Å². The van der Waals surface area contributed by atoms with Crippen LogP contribution in [0.25, 0.3) is 0 Å². The first-order valence-electron chi connectivity index (χ1n) is 5.20. The van der Waals surface area contributed by atoms with Gasteiger partial charge in [-0.15, -0.1) is 0 Å². The number of thiocarbonyl (C=S) groups is 1. The number of carbonyl (C=O) groups excluding carboxylic acids is 1. The van der Waals surface area contributed by atoms with Gasteiger partial charge < -0.3 is 15.8 Å². The quantitative estimate of drug-likeness (QED) is 0.496. The fourth-order valence-corrected chi connectivity index (χ4v) is 1.75. The Morgan fingerprint density at radius 3 is 2.67 bits per heavy atom. The van der Waals surface area contributed by atoms with E-state index in [4.69, 9.17) is 22.7 Å². The molecule has 0 radical (unpaired) electrons. The number of hydrogen-bond donors (Lipinski definition) is 2. The smallest absolute Gasteiger partial charge is 0.233 e. The van der Waals surface area contributed by atoms with Crippen molar-refractivity contribution in [2.45, 2.75) is 25.7 Å².